The zero-order chi connectivity index (χ0) is 16.4. The van der Waals surface area contributed by atoms with E-state index in [9.17, 15) is 4.79 Å². The highest BCUT2D eigenvalue weighted by Crippen LogP contribution is 2.23. The largest absolute Gasteiger partial charge is 0.337 e. The van der Waals surface area contributed by atoms with Crippen LogP contribution in [-0.4, -0.2) is 30.1 Å². The molecule has 1 aromatic carbocycles. The van der Waals surface area contributed by atoms with Gasteiger partial charge in [-0.3, -0.25) is 9.80 Å². The van der Waals surface area contributed by atoms with E-state index >= 15 is 0 Å². The summed E-state index contributed by atoms with van der Waals surface area (Å²) in [5.41, 5.74) is 2.88. The fourth-order valence-corrected chi connectivity index (χ4v) is 4.00. The molecule has 1 aliphatic rings. The van der Waals surface area contributed by atoms with Crippen molar-refractivity contribution in [1.29, 1.82) is 0 Å². The van der Waals surface area contributed by atoms with Crippen molar-refractivity contribution in [3.63, 3.8) is 0 Å². The molecule has 0 spiro atoms. The molecule has 6 heteroatoms. The molecule has 0 aliphatic carbocycles. The third-order valence-corrected chi connectivity index (χ3v) is 5.43. The minimum atomic E-state index is 0.0298. The van der Waals surface area contributed by atoms with Crippen molar-refractivity contribution in [2.24, 2.45) is 5.10 Å². The molecule has 2 heterocycles. The van der Waals surface area contributed by atoms with Crippen LogP contribution in [-0.2, 0) is 6.54 Å². The highest BCUT2D eigenvalue weighted by molar-refractivity contribution is 9.10. The van der Waals surface area contributed by atoms with E-state index in [2.05, 4.69) is 21.0 Å². The average molecular weight is 392 g/mol. The SMILES string of the molecule is CC1=NN(c2ccc(C(=O)N(C)Cc3cc(Br)cs3)cc2)CC1. The first kappa shape index (κ1) is 16.2. The molecule has 0 fully saturated rings. The Morgan fingerprint density at radius 2 is 2.13 bits per heavy atom. The first-order valence-electron chi connectivity index (χ1n) is 7.43. The Labute approximate surface area is 148 Å². The molecule has 1 aromatic heterocycles. The second kappa shape index (κ2) is 6.84. The number of thiophene rings is 1. The van der Waals surface area contributed by atoms with E-state index in [1.54, 1.807) is 16.2 Å². The normalized spacial score (nSPS) is 14.0. The van der Waals surface area contributed by atoms with Crippen LogP contribution in [0, 0.1) is 0 Å². The minimum Gasteiger partial charge on any atom is -0.337 e. The smallest absolute Gasteiger partial charge is 0.253 e. The zero-order valence-electron chi connectivity index (χ0n) is 13.1. The number of anilines is 1. The first-order valence-corrected chi connectivity index (χ1v) is 9.10. The van der Waals surface area contributed by atoms with Crippen molar-refractivity contribution >= 4 is 44.6 Å². The number of hydrogen-bond acceptors (Lipinski definition) is 4. The van der Waals surface area contributed by atoms with Gasteiger partial charge in [-0.2, -0.15) is 5.10 Å². The highest BCUT2D eigenvalue weighted by atomic mass is 79.9. The molecule has 2 aromatic rings. The van der Waals surface area contributed by atoms with Crippen LogP contribution in [0.5, 0.6) is 0 Å². The molecular formula is C17H18BrN3OS. The molecule has 0 unspecified atom stereocenters. The summed E-state index contributed by atoms with van der Waals surface area (Å²) >= 11 is 5.09. The summed E-state index contributed by atoms with van der Waals surface area (Å²) in [6.07, 6.45) is 1.000. The lowest BCUT2D eigenvalue weighted by atomic mass is 10.1. The molecule has 120 valence electrons. The van der Waals surface area contributed by atoms with Gasteiger partial charge in [-0.05, 0) is 53.2 Å². The molecule has 1 aliphatic heterocycles. The Hall–Kier alpha value is -1.66. The maximum absolute atomic E-state index is 12.5. The zero-order valence-corrected chi connectivity index (χ0v) is 15.5. The van der Waals surface area contributed by atoms with Crippen LogP contribution < -0.4 is 5.01 Å². The average Bonchev–Trinajstić information content (AvgIpc) is 3.15. The molecule has 0 radical (unpaired) electrons. The Morgan fingerprint density at radius 1 is 1.39 bits per heavy atom. The Bertz CT molecular complexity index is 739. The fourth-order valence-electron chi connectivity index (χ4n) is 2.50. The van der Waals surface area contributed by atoms with Crippen molar-refractivity contribution in [2.45, 2.75) is 19.9 Å². The van der Waals surface area contributed by atoms with E-state index in [0.29, 0.717) is 12.1 Å². The maximum atomic E-state index is 12.5. The fraction of sp³-hybridized carbons (Fsp3) is 0.294. The predicted octanol–water partition coefficient (Wildman–Crippen LogP) is 4.37. The molecule has 23 heavy (non-hydrogen) atoms. The van der Waals surface area contributed by atoms with Crippen LogP contribution in [0.2, 0.25) is 0 Å². The summed E-state index contributed by atoms with van der Waals surface area (Å²) in [6, 6.07) is 9.73. The molecule has 4 nitrogen and oxygen atoms in total. The van der Waals surface area contributed by atoms with E-state index < -0.39 is 0 Å². The van der Waals surface area contributed by atoms with Crippen molar-refractivity contribution < 1.29 is 4.79 Å². The molecule has 0 bridgehead atoms. The summed E-state index contributed by atoms with van der Waals surface area (Å²) in [5.74, 6) is 0.0298. The number of nitrogens with zero attached hydrogens (tertiary/aromatic N) is 3. The van der Waals surface area contributed by atoms with Crippen LogP contribution in [0.4, 0.5) is 5.69 Å². The number of amides is 1. The monoisotopic (exact) mass is 391 g/mol. The molecule has 0 atom stereocenters. The van der Waals surface area contributed by atoms with Crippen LogP contribution in [0.25, 0.3) is 0 Å². The summed E-state index contributed by atoms with van der Waals surface area (Å²) in [4.78, 5) is 15.4. The maximum Gasteiger partial charge on any atom is 0.253 e. The van der Waals surface area contributed by atoms with Gasteiger partial charge in [-0.15, -0.1) is 11.3 Å². The van der Waals surface area contributed by atoms with Gasteiger partial charge in [-0.25, -0.2) is 0 Å². The lowest BCUT2D eigenvalue weighted by Crippen LogP contribution is -2.25. The van der Waals surface area contributed by atoms with E-state index in [-0.39, 0.29) is 5.91 Å². The molecule has 1 amide bonds. The second-order valence-electron chi connectivity index (χ2n) is 5.65. The van der Waals surface area contributed by atoms with Crippen molar-refractivity contribution in [2.75, 3.05) is 18.6 Å². The van der Waals surface area contributed by atoms with E-state index in [1.807, 2.05) is 54.7 Å². The van der Waals surface area contributed by atoms with Crippen LogP contribution >= 0.6 is 27.3 Å². The summed E-state index contributed by atoms with van der Waals surface area (Å²) in [5, 5.41) is 8.49. The number of halogens is 1. The standard InChI is InChI=1S/C17H18BrN3OS/c1-12-7-8-21(19-12)15-5-3-13(4-6-15)17(22)20(2)10-16-9-14(18)11-23-16/h3-6,9,11H,7-8,10H2,1-2H3. The van der Waals surface area contributed by atoms with Gasteiger partial charge in [0, 0.05) is 46.0 Å². The Kier molecular flexibility index (Phi) is 4.82. The molecular weight excluding hydrogens is 374 g/mol. The second-order valence-corrected chi connectivity index (χ2v) is 7.56. The van der Waals surface area contributed by atoms with Crippen LogP contribution in [0.15, 0.2) is 45.3 Å². The number of benzene rings is 1. The molecule has 0 saturated carbocycles. The quantitative estimate of drug-likeness (QED) is 0.775. The lowest BCUT2D eigenvalue weighted by Gasteiger charge is -2.18. The number of carbonyl (C=O) groups is 1. The van der Waals surface area contributed by atoms with Gasteiger partial charge in [0.2, 0.25) is 0 Å². The van der Waals surface area contributed by atoms with Crippen molar-refractivity contribution in [3.05, 3.63) is 50.6 Å². The topological polar surface area (TPSA) is 35.9 Å². The summed E-state index contributed by atoms with van der Waals surface area (Å²) < 4.78 is 1.06. The van der Waals surface area contributed by atoms with Gasteiger partial charge in [-0.1, -0.05) is 0 Å². The highest BCUT2D eigenvalue weighted by Gasteiger charge is 2.16. The predicted molar refractivity (Wildman–Crippen MR) is 99.3 cm³/mol. The van der Waals surface area contributed by atoms with Crippen LogP contribution in [0.1, 0.15) is 28.6 Å². The molecule has 0 N–H and O–H groups in total. The number of rotatable bonds is 4. The third kappa shape index (κ3) is 3.82. The van der Waals surface area contributed by atoms with Crippen molar-refractivity contribution in [3.8, 4) is 0 Å². The van der Waals surface area contributed by atoms with E-state index in [4.69, 9.17) is 0 Å². The van der Waals surface area contributed by atoms with Gasteiger partial charge < -0.3 is 4.90 Å². The number of carbonyl (C=O) groups excluding carboxylic acids is 1. The van der Waals surface area contributed by atoms with Gasteiger partial charge in [0.15, 0.2) is 0 Å². The van der Waals surface area contributed by atoms with Gasteiger partial charge in [0.1, 0.15) is 0 Å². The van der Waals surface area contributed by atoms with E-state index in [0.717, 1.165) is 33.7 Å². The van der Waals surface area contributed by atoms with Gasteiger partial charge in [0.05, 0.1) is 12.2 Å². The molecule has 3 rings (SSSR count). The number of hydrazone groups is 1. The molecule has 0 saturated heterocycles. The Balaban J connectivity index is 1.67. The first-order chi connectivity index (χ1) is 11.0. The number of hydrogen-bond donors (Lipinski definition) is 0. The summed E-state index contributed by atoms with van der Waals surface area (Å²) in [6.45, 7) is 3.56. The van der Waals surface area contributed by atoms with E-state index in [1.165, 1.54) is 0 Å². The Morgan fingerprint density at radius 3 is 2.70 bits per heavy atom. The van der Waals surface area contributed by atoms with Gasteiger partial charge >= 0.3 is 0 Å². The van der Waals surface area contributed by atoms with Crippen LogP contribution in [0.3, 0.4) is 0 Å². The summed E-state index contributed by atoms with van der Waals surface area (Å²) in [7, 11) is 1.83. The minimum absolute atomic E-state index is 0.0298. The van der Waals surface area contributed by atoms with Crippen molar-refractivity contribution in [1.82, 2.24) is 4.90 Å². The van der Waals surface area contributed by atoms with Gasteiger partial charge in [0.25, 0.3) is 5.91 Å². The third-order valence-electron chi connectivity index (χ3n) is 3.75. The lowest BCUT2D eigenvalue weighted by molar-refractivity contribution is 0.0786.